The molecule has 3 aromatic rings. The zero-order valence-electron chi connectivity index (χ0n) is 16.2. The summed E-state index contributed by atoms with van der Waals surface area (Å²) >= 11 is 12.4. The molecule has 0 bridgehead atoms. The van der Waals surface area contributed by atoms with Crippen molar-refractivity contribution < 1.29 is 9.47 Å². The zero-order chi connectivity index (χ0) is 21.1. The third-order valence-corrected chi connectivity index (χ3v) is 5.07. The Bertz CT molecular complexity index is 1120. The van der Waals surface area contributed by atoms with Gasteiger partial charge in [-0.15, -0.1) is 0 Å². The molecule has 3 rings (SSSR count). The third-order valence-electron chi connectivity index (χ3n) is 4.52. The first kappa shape index (κ1) is 20.8. The molecular weight excluding hydrogens is 409 g/mol. The summed E-state index contributed by atoms with van der Waals surface area (Å²) in [5.74, 6) is 1.31. The van der Waals surface area contributed by atoms with Crippen LogP contribution in [0.15, 0.2) is 36.4 Å². The molecule has 29 heavy (non-hydrogen) atoms. The molecule has 0 aliphatic heterocycles. The molecule has 0 spiro atoms. The Morgan fingerprint density at radius 2 is 1.90 bits per heavy atom. The molecule has 0 unspecified atom stereocenters. The van der Waals surface area contributed by atoms with Crippen LogP contribution >= 0.6 is 23.2 Å². The first-order chi connectivity index (χ1) is 13.9. The number of rotatable bonds is 5. The molecule has 0 atom stereocenters. The molecule has 0 saturated heterocycles. The fourth-order valence-electron chi connectivity index (χ4n) is 3.21. The lowest BCUT2D eigenvalue weighted by Gasteiger charge is -2.17. The number of nitrogen functional groups attached to an aromatic ring is 1. The smallest absolute Gasteiger partial charge is 0.161 e. The molecule has 0 radical (unpaired) electrons. The number of benzene rings is 2. The van der Waals surface area contributed by atoms with Crippen molar-refractivity contribution in [2.75, 3.05) is 19.5 Å². The van der Waals surface area contributed by atoms with Gasteiger partial charge in [0.15, 0.2) is 11.5 Å². The molecule has 148 valence electrons. The Balaban J connectivity index is 2.29. The van der Waals surface area contributed by atoms with Gasteiger partial charge in [0.05, 0.1) is 24.4 Å². The van der Waals surface area contributed by atoms with E-state index in [0.29, 0.717) is 50.5 Å². The van der Waals surface area contributed by atoms with E-state index in [2.05, 4.69) is 11.1 Å². The zero-order valence-corrected chi connectivity index (χ0v) is 17.7. The van der Waals surface area contributed by atoms with Crippen LogP contribution in [0.25, 0.3) is 22.4 Å². The summed E-state index contributed by atoms with van der Waals surface area (Å²) in [5, 5.41) is 10.7. The number of nitriles is 1. The van der Waals surface area contributed by atoms with E-state index in [1.165, 1.54) is 0 Å². The van der Waals surface area contributed by atoms with Crippen molar-refractivity contribution >= 4 is 29.0 Å². The van der Waals surface area contributed by atoms with Crippen molar-refractivity contribution in [3.8, 4) is 40.0 Å². The van der Waals surface area contributed by atoms with E-state index < -0.39 is 0 Å². The molecule has 5 nitrogen and oxygen atoms in total. The van der Waals surface area contributed by atoms with Gasteiger partial charge in [-0.25, -0.2) is 4.98 Å². The highest BCUT2D eigenvalue weighted by Gasteiger charge is 2.21. The molecule has 0 aliphatic carbocycles. The molecule has 0 aliphatic rings. The number of ether oxygens (including phenoxy) is 2. The van der Waals surface area contributed by atoms with Gasteiger partial charge in [0.2, 0.25) is 0 Å². The van der Waals surface area contributed by atoms with Gasteiger partial charge in [-0.1, -0.05) is 29.3 Å². The Hall–Kier alpha value is -2.94. The van der Waals surface area contributed by atoms with Crippen LogP contribution in [0.2, 0.25) is 10.0 Å². The molecule has 0 saturated carbocycles. The second kappa shape index (κ2) is 8.60. The first-order valence-electron chi connectivity index (χ1n) is 8.88. The number of anilines is 1. The molecule has 1 heterocycles. The monoisotopic (exact) mass is 427 g/mol. The van der Waals surface area contributed by atoms with Crippen molar-refractivity contribution in [2.45, 2.75) is 13.8 Å². The van der Waals surface area contributed by atoms with Gasteiger partial charge < -0.3 is 15.2 Å². The minimum atomic E-state index is 0.127. The number of hydrogen-bond donors (Lipinski definition) is 1. The number of nitrogens with zero attached hydrogens (tertiary/aromatic N) is 2. The summed E-state index contributed by atoms with van der Waals surface area (Å²) in [6, 6.07) is 12.8. The maximum Gasteiger partial charge on any atom is 0.161 e. The standard InChI is InChI=1S/C22H19Cl2N3O2/c1-4-29-18-8-5-13(9-19(18)28-3)20-12(2)21(27-22(26)16(20)11-25)15-7-6-14(23)10-17(15)24/h5-10H,4H2,1-3H3,(H2,26,27). The van der Waals surface area contributed by atoms with Gasteiger partial charge in [0, 0.05) is 16.1 Å². The Morgan fingerprint density at radius 3 is 2.52 bits per heavy atom. The summed E-state index contributed by atoms with van der Waals surface area (Å²) in [4.78, 5) is 4.45. The van der Waals surface area contributed by atoms with Crippen LogP contribution in [0.5, 0.6) is 11.5 Å². The first-order valence-corrected chi connectivity index (χ1v) is 9.63. The minimum absolute atomic E-state index is 0.127. The Morgan fingerprint density at radius 1 is 1.14 bits per heavy atom. The minimum Gasteiger partial charge on any atom is -0.493 e. The summed E-state index contributed by atoms with van der Waals surface area (Å²) in [6.07, 6.45) is 0. The predicted molar refractivity (Wildman–Crippen MR) is 117 cm³/mol. The van der Waals surface area contributed by atoms with Crippen LogP contribution in [-0.4, -0.2) is 18.7 Å². The lowest BCUT2D eigenvalue weighted by Crippen LogP contribution is -2.04. The number of halogens is 2. The van der Waals surface area contributed by atoms with E-state index in [1.807, 2.05) is 32.0 Å². The second-order valence-corrected chi connectivity index (χ2v) is 7.10. The van der Waals surface area contributed by atoms with Crippen LogP contribution in [0, 0.1) is 18.3 Å². The topological polar surface area (TPSA) is 81.2 Å². The number of hydrogen-bond acceptors (Lipinski definition) is 5. The number of pyridine rings is 1. The van der Waals surface area contributed by atoms with Crippen molar-refractivity contribution in [2.24, 2.45) is 0 Å². The molecule has 2 aromatic carbocycles. The average Bonchev–Trinajstić information content (AvgIpc) is 2.70. The summed E-state index contributed by atoms with van der Waals surface area (Å²) < 4.78 is 11.1. The van der Waals surface area contributed by atoms with Crippen molar-refractivity contribution in [1.82, 2.24) is 4.98 Å². The van der Waals surface area contributed by atoms with Gasteiger partial charge in [-0.3, -0.25) is 0 Å². The molecule has 7 heteroatoms. The number of methoxy groups -OCH3 is 1. The van der Waals surface area contributed by atoms with Crippen LogP contribution in [-0.2, 0) is 0 Å². The summed E-state index contributed by atoms with van der Waals surface area (Å²) in [7, 11) is 1.57. The van der Waals surface area contributed by atoms with Gasteiger partial charge >= 0.3 is 0 Å². The maximum absolute atomic E-state index is 9.73. The highest BCUT2D eigenvalue weighted by molar-refractivity contribution is 6.36. The van der Waals surface area contributed by atoms with Crippen LogP contribution in [0.1, 0.15) is 18.1 Å². The van der Waals surface area contributed by atoms with Crippen LogP contribution in [0.4, 0.5) is 5.82 Å². The fraction of sp³-hybridized carbons (Fsp3) is 0.182. The molecule has 1 aromatic heterocycles. The van der Waals surface area contributed by atoms with E-state index in [9.17, 15) is 5.26 Å². The maximum atomic E-state index is 9.73. The van der Waals surface area contributed by atoms with Crippen molar-refractivity contribution in [3.05, 3.63) is 57.6 Å². The lowest BCUT2D eigenvalue weighted by atomic mass is 9.92. The van der Waals surface area contributed by atoms with E-state index in [0.717, 1.165) is 11.1 Å². The Labute approximate surface area is 179 Å². The van der Waals surface area contributed by atoms with E-state index in [-0.39, 0.29) is 5.82 Å². The highest BCUT2D eigenvalue weighted by Crippen LogP contribution is 2.41. The lowest BCUT2D eigenvalue weighted by molar-refractivity contribution is 0.311. The molecular formula is C22H19Cl2N3O2. The van der Waals surface area contributed by atoms with E-state index >= 15 is 0 Å². The Kier molecular flexibility index (Phi) is 6.17. The van der Waals surface area contributed by atoms with Gasteiger partial charge in [0.25, 0.3) is 0 Å². The van der Waals surface area contributed by atoms with Gasteiger partial charge in [0.1, 0.15) is 17.5 Å². The second-order valence-electron chi connectivity index (χ2n) is 6.26. The van der Waals surface area contributed by atoms with Gasteiger partial charge in [-0.2, -0.15) is 5.26 Å². The highest BCUT2D eigenvalue weighted by atomic mass is 35.5. The van der Waals surface area contributed by atoms with Crippen molar-refractivity contribution in [3.63, 3.8) is 0 Å². The normalized spacial score (nSPS) is 10.5. The average molecular weight is 428 g/mol. The largest absolute Gasteiger partial charge is 0.493 e. The number of aromatic nitrogens is 1. The SMILES string of the molecule is CCOc1ccc(-c2c(C)c(-c3ccc(Cl)cc3Cl)nc(N)c2C#N)cc1OC. The molecule has 0 amide bonds. The third kappa shape index (κ3) is 3.95. The quantitative estimate of drug-likeness (QED) is 0.548. The van der Waals surface area contributed by atoms with Crippen LogP contribution < -0.4 is 15.2 Å². The summed E-state index contributed by atoms with van der Waals surface area (Å²) in [6.45, 7) is 4.29. The van der Waals surface area contributed by atoms with E-state index in [1.54, 1.807) is 25.3 Å². The summed E-state index contributed by atoms with van der Waals surface area (Å²) in [5.41, 5.74) is 9.91. The van der Waals surface area contributed by atoms with Gasteiger partial charge in [-0.05, 0) is 55.3 Å². The number of nitrogens with two attached hydrogens (primary N) is 1. The van der Waals surface area contributed by atoms with E-state index in [4.69, 9.17) is 38.4 Å². The molecule has 0 fully saturated rings. The molecule has 2 N–H and O–H groups in total. The van der Waals surface area contributed by atoms with Crippen molar-refractivity contribution in [1.29, 1.82) is 5.26 Å². The predicted octanol–water partition coefficient (Wildman–Crippen LogP) is 5.89. The van der Waals surface area contributed by atoms with Crippen LogP contribution in [0.3, 0.4) is 0 Å². The fourth-order valence-corrected chi connectivity index (χ4v) is 3.71.